The van der Waals surface area contributed by atoms with Crippen LogP contribution in [0.3, 0.4) is 0 Å². The van der Waals surface area contributed by atoms with Gasteiger partial charge < -0.3 is 15.5 Å². The van der Waals surface area contributed by atoms with Crippen molar-refractivity contribution in [1.82, 2.24) is 20.8 Å². The van der Waals surface area contributed by atoms with E-state index in [9.17, 15) is 9.18 Å². The highest BCUT2D eigenvalue weighted by Crippen LogP contribution is 2.15. The van der Waals surface area contributed by atoms with Crippen molar-refractivity contribution in [3.05, 3.63) is 54.0 Å². The van der Waals surface area contributed by atoms with Gasteiger partial charge in [0.05, 0.1) is 0 Å². The van der Waals surface area contributed by atoms with Gasteiger partial charge >= 0.3 is 6.03 Å². The lowest BCUT2D eigenvalue weighted by Crippen LogP contribution is -2.33. The molecular formula is C19H28FN5O. The number of benzene rings is 1. The highest BCUT2D eigenvalue weighted by Gasteiger charge is 2.11. The minimum absolute atomic E-state index is 0. The first kappa shape index (κ1) is 19.6. The third-order valence-electron chi connectivity index (χ3n) is 4.08. The summed E-state index contributed by atoms with van der Waals surface area (Å²) < 4.78 is 12.5. The molecule has 0 unspecified atom stereocenters. The first-order chi connectivity index (χ1) is 12.7. The van der Waals surface area contributed by atoms with Gasteiger partial charge in [-0.3, -0.25) is 0 Å². The topological polar surface area (TPSA) is 70.1 Å². The Morgan fingerprint density at radius 1 is 1.19 bits per heavy atom. The normalized spacial score (nSPS) is 13.4. The lowest BCUT2D eigenvalue weighted by atomic mass is 10.1. The average molecular weight is 361 g/mol. The number of amides is 2. The molecule has 26 heavy (non-hydrogen) atoms. The Kier molecular flexibility index (Phi) is 8.32. The molecule has 0 atom stereocenters. The van der Waals surface area contributed by atoms with Crippen molar-refractivity contribution < 1.29 is 10.6 Å². The minimum Gasteiger partial charge on any atom is -0.355 e. The molecular weight excluding hydrogens is 333 g/mol. The van der Waals surface area contributed by atoms with Gasteiger partial charge in [0, 0.05) is 34.3 Å². The molecule has 6 nitrogen and oxygen atoms in total. The van der Waals surface area contributed by atoms with Crippen molar-refractivity contribution in [3.8, 4) is 0 Å². The number of aromatic nitrogens is 2. The molecule has 3 rings (SSSR count). The van der Waals surface area contributed by atoms with Crippen LogP contribution in [0.4, 0.5) is 15.0 Å². The van der Waals surface area contributed by atoms with Crippen LogP contribution in [0.2, 0.25) is 0 Å². The van der Waals surface area contributed by atoms with Crippen LogP contribution in [-0.2, 0) is 6.42 Å². The van der Waals surface area contributed by atoms with E-state index in [4.69, 9.17) is 0 Å². The number of urea groups is 1. The molecule has 2 N–H and O–H groups in total. The second kappa shape index (κ2) is 11.0. The molecule has 1 aromatic heterocycles. The van der Waals surface area contributed by atoms with Crippen molar-refractivity contribution in [1.29, 1.82) is 0 Å². The maximum atomic E-state index is 12.5. The zero-order chi connectivity index (χ0) is 18.6. The molecule has 1 fully saturated rings. The van der Waals surface area contributed by atoms with E-state index in [2.05, 4.69) is 25.7 Å². The molecule has 0 radical (unpaired) electrons. The van der Waals surface area contributed by atoms with Gasteiger partial charge in [0.25, 0.3) is 0 Å². The van der Waals surface area contributed by atoms with E-state index in [0.717, 1.165) is 24.5 Å². The van der Waals surface area contributed by atoms with Gasteiger partial charge in [-0.2, -0.15) is 5.10 Å². The van der Waals surface area contributed by atoms with Crippen LogP contribution in [0.5, 0.6) is 0 Å². The van der Waals surface area contributed by atoms with Crippen molar-refractivity contribution in [3.63, 3.8) is 0 Å². The summed E-state index contributed by atoms with van der Waals surface area (Å²) in [7, 11) is 1.56. The SMILES string of the molecule is CNC(=O)NCCc1ccc(F)cc1.[HH].c1cnnc(N2CCCCC2)c1. The molecule has 7 heteroatoms. The maximum absolute atomic E-state index is 12.5. The van der Waals surface area contributed by atoms with Gasteiger partial charge in [0.1, 0.15) is 5.82 Å². The fourth-order valence-electron chi connectivity index (χ4n) is 2.64. The summed E-state index contributed by atoms with van der Waals surface area (Å²) in [5, 5.41) is 13.0. The quantitative estimate of drug-likeness (QED) is 0.878. The molecule has 0 spiro atoms. The maximum Gasteiger partial charge on any atom is 0.314 e. The monoisotopic (exact) mass is 361 g/mol. The number of carbonyl (C=O) groups is 1. The minimum atomic E-state index is -0.243. The van der Waals surface area contributed by atoms with Gasteiger partial charge in [-0.15, -0.1) is 5.10 Å². The summed E-state index contributed by atoms with van der Waals surface area (Å²) in [4.78, 5) is 13.1. The number of anilines is 1. The molecule has 2 aromatic rings. The largest absolute Gasteiger partial charge is 0.355 e. The van der Waals surface area contributed by atoms with Gasteiger partial charge in [-0.1, -0.05) is 12.1 Å². The fraction of sp³-hybridized carbons (Fsp3) is 0.421. The fourth-order valence-corrected chi connectivity index (χ4v) is 2.64. The lowest BCUT2D eigenvalue weighted by molar-refractivity contribution is 0.243. The third kappa shape index (κ3) is 7.04. The smallest absolute Gasteiger partial charge is 0.314 e. The Balaban J connectivity index is 0.000000262. The Labute approximate surface area is 155 Å². The number of carbonyl (C=O) groups excluding carboxylic acids is 1. The third-order valence-corrected chi connectivity index (χ3v) is 4.08. The zero-order valence-corrected chi connectivity index (χ0v) is 15.1. The van der Waals surface area contributed by atoms with E-state index in [1.54, 1.807) is 25.4 Å². The van der Waals surface area contributed by atoms with Crippen LogP contribution in [0.15, 0.2) is 42.6 Å². The predicted octanol–water partition coefficient (Wildman–Crippen LogP) is 3.01. The number of rotatable bonds is 4. The van der Waals surface area contributed by atoms with E-state index in [0.29, 0.717) is 13.0 Å². The summed E-state index contributed by atoms with van der Waals surface area (Å²) >= 11 is 0. The molecule has 142 valence electrons. The number of nitrogens with one attached hydrogen (secondary N) is 2. The Hall–Kier alpha value is -2.70. The second-order valence-electron chi connectivity index (χ2n) is 6.01. The molecule has 2 amide bonds. The van der Waals surface area contributed by atoms with E-state index < -0.39 is 0 Å². The van der Waals surface area contributed by atoms with Crippen molar-refractivity contribution in [2.45, 2.75) is 25.7 Å². The molecule has 0 bridgehead atoms. The van der Waals surface area contributed by atoms with Crippen LogP contribution in [-0.4, -0.2) is 42.9 Å². The van der Waals surface area contributed by atoms with Gasteiger partial charge in [0.2, 0.25) is 0 Å². The Morgan fingerprint density at radius 3 is 2.54 bits per heavy atom. The number of hydrogen-bond acceptors (Lipinski definition) is 4. The highest BCUT2D eigenvalue weighted by atomic mass is 19.1. The first-order valence-electron chi connectivity index (χ1n) is 8.91. The van der Waals surface area contributed by atoms with Crippen LogP contribution in [0.1, 0.15) is 26.3 Å². The standard InChI is InChI=1S/C10H13FN2O.C9H13N3.H2/c1-12-10(14)13-7-6-8-2-4-9(11)5-3-8;1-2-7-12(8-3-1)9-5-4-6-10-11-9;/h2-5H,6-7H2,1H3,(H2,12,13,14);4-6H,1-3,7-8H2;1H. The lowest BCUT2D eigenvalue weighted by Gasteiger charge is -2.26. The molecule has 0 aliphatic carbocycles. The second-order valence-corrected chi connectivity index (χ2v) is 6.01. The van der Waals surface area contributed by atoms with Crippen LogP contribution < -0.4 is 15.5 Å². The number of nitrogens with zero attached hydrogens (tertiary/aromatic N) is 3. The summed E-state index contributed by atoms with van der Waals surface area (Å²) in [6.45, 7) is 2.82. The van der Waals surface area contributed by atoms with Gasteiger partial charge in [-0.25, -0.2) is 9.18 Å². The summed E-state index contributed by atoms with van der Waals surface area (Å²) in [6.07, 6.45) is 6.35. The van der Waals surface area contributed by atoms with Crippen molar-refractivity contribution >= 4 is 11.8 Å². The molecule has 1 aliphatic heterocycles. The van der Waals surface area contributed by atoms with E-state index in [-0.39, 0.29) is 13.3 Å². The Bertz CT molecular complexity index is 651. The number of piperidine rings is 1. The molecule has 2 heterocycles. The average Bonchev–Trinajstić information content (AvgIpc) is 2.71. The molecule has 1 aliphatic rings. The van der Waals surface area contributed by atoms with Crippen LogP contribution in [0, 0.1) is 5.82 Å². The summed E-state index contributed by atoms with van der Waals surface area (Å²) in [5.41, 5.74) is 1.00. The Morgan fingerprint density at radius 2 is 1.92 bits per heavy atom. The van der Waals surface area contributed by atoms with Crippen molar-refractivity contribution in [2.24, 2.45) is 0 Å². The molecule has 1 aromatic carbocycles. The van der Waals surface area contributed by atoms with E-state index in [1.165, 1.54) is 31.4 Å². The van der Waals surface area contributed by atoms with Gasteiger partial charge in [-0.05, 0) is 55.5 Å². The van der Waals surface area contributed by atoms with Gasteiger partial charge in [0.15, 0.2) is 5.82 Å². The zero-order valence-electron chi connectivity index (χ0n) is 15.1. The summed E-state index contributed by atoms with van der Waals surface area (Å²) in [6, 6.07) is 10.0. The van der Waals surface area contributed by atoms with Crippen LogP contribution >= 0.6 is 0 Å². The van der Waals surface area contributed by atoms with E-state index in [1.807, 2.05) is 12.1 Å². The van der Waals surface area contributed by atoms with E-state index >= 15 is 0 Å². The van der Waals surface area contributed by atoms with Crippen LogP contribution in [0.25, 0.3) is 0 Å². The first-order valence-corrected chi connectivity index (χ1v) is 8.91. The summed E-state index contributed by atoms with van der Waals surface area (Å²) in [5.74, 6) is 0.783. The number of hydrogen-bond donors (Lipinski definition) is 2. The predicted molar refractivity (Wildman–Crippen MR) is 103 cm³/mol. The molecule has 0 saturated carbocycles. The molecule has 1 saturated heterocycles. The highest BCUT2D eigenvalue weighted by molar-refractivity contribution is 5.73. The van der Waals surface area contributed by atoms with Crippen molar-refractivity contribution in [2.75, 3.05) is 31.6 Å². The number of halogens is 1.